The highest BCUT2D eigenvalue weighted by Gasteiger charge is 2.14. The molecule has 0 aliphatic carbocycles. The number of benzene rings is 1. The van der Waals surface area contributed by atoms with Crippen molar-refractivity contribution in [3.8, 4) is 22.8 Å². The first-order valence-corrected chi connectivity index (χ1v) is 6.45. The average Bonchev–Trinajstić information content (AvgIpc) is 3.08. The summed E-state index contributed by atoms with van der Waals surface area (Å²) in [6.07, 6.45) is 2.44. The molecule has 0 fully saturated rings. The van der Waals surface area contributed by atoms with Crippen LogP contribution in [0.15, 0.2) is 45.5 Å². The third kappa shape index (κ3) is 2.35. The van der Waals surface area contributed by atoms with Crippen LogP contribution in [0, 0.1) is 6.92 Å². The molecule has 0 amide bonds. The minimum absolute atomic E-state index is 0.500. The summed E-state index contributed by atoms with van der Waals surface area (Å²) in [7, 11) is 0. The molecule has 0 atom stereocenters. The summed E-state index contributed by atoms with van der Waals surface area (Å²) in [4.78, 5) is 4.42. The van der Waals surface area contributed by atoms with Gasteiger partial charge in [-0.1, -0.05) is 17.3 Å². The summed E-state index contributed by atoms with van der Waals surface area (Å²) in [5, 5.41) is 4.00. The zero-order valence-corrected chi connectivity index (χ0v) is 11.2. The smallest absolute Gasteiger partial charge is 0.258 e. The molecule has 0 radical (unpaired) electrons. The van der Waals surface area contributed by atoms with E-state index >= 15 is 0 Å². The van der Waals surface area contributed by atoms with Crippen LogP contribution in [0.5, 0.6) is 0 Å². The molecule has 3 aromatic rings. The zero-order chi connectivity index (χ0) is 13.9. The van der Waals surface area contributed by atoms with Crippen molar-refractivity contribution in [3.63, 3.8) is 0 Å². The first-order chi connectivity index (χ1) is 9.78. The number of nitrogens with zero attached hydrogens (tertiary/aromatic N) is 2. The van der Waals surface area contributed by atoms with Gasteiger partial charge < -0.3 is 14.7 Å². The second kappa shape index (κ2) is 5.30. The van der Waals surface area contributed by atoms with E-state index in [0.717, 1.165) is 28.9 Å². The lowest BCUT2D eigenvalue weighted by molar-refractivity contribution is 0.432. The molecule has 102 valence electrons. The Labute approximate surface area is 116 Å². The largest absolute Gasteiger partial charge is 0.469 e. The van der Waals surface area contributed by atoms with Crippen LogP contribution in [-0.2, 0) is 6.42 Å². The van der Waals surface area contributed by atoms with Gasteiger partial charge in [-0.25, -0.2) is 0 Å². The van der Waals surface area contributed by atoms with Gasteiger partial charge in [0.15, 0.2) is 0 Å². The number of furan rings is 1. The highest BCUT2D eigenvalue weighted by atomic mass is 16.5. The second-order valence-corrected chi connectivity index (χ2v) is 4.55. The Morgan fingerprint density at radius 2 is 2.15 bits per heavy atom. The van der Waals surface area contributed by atoms with E-state index < -0.39 is 0 Å². The molecular formula is C15H15N3O2. The number of nitrogens with two attached hydrogens (primary N) is 1. The molecule has 0 bridgehead atoms. The first-order valence-electron chi connectivity index (χ1n) is 6.45. The maximum Gasteiger partial charge on any atom is 0.258 e. The lowest BCUT2D eigenvalue weighted by Crippen LogP contribution is -2.02. The summed E-state index contributed by atoms with van der Waals surface area (Å²) >= 11 is 0. The van der Waals surface area contributed by atoms with Gasteiger partial charge in [0.2, 0.25) is 5.82 Å². The van der Waals surface area contributed by atoms with Gasteiger partial charge in [0.05, 0.1) is 11.8 Å². The SMILES string of the molecule is Cc1occc1-c1noc(-c2cccc(CCN)c2)n1. The molecule has 2 aromatic heterocycles. The van der Waals surface area contributed by atoms with E-state index in [-0.39, 0.29) is 0 Å². The molecule has 0 saturated heterocycles. The maximum atomic E-state index is 5.57. The summed E-state index contributed by atoms with van der Waals surface area (Å²) in [5.74, 6) is 1.81. The second-order valence-electron chi connectivity index (χ2n) is 4.55. The van der Waals surface area contributed by atoms with Crippen LogP contribution in [0.3, 0.4) is 0 Å². The third-order valence-electron chi connectivity index (χ3n) is 3.13. The molecular weight excluding hydrogens is 254 g/mol. The van der Waals surface area contributed by atoms with Crippen LogP contribution >= 0.6 is 0 Å². The van der Waals surface area contributed by atoms with Crippen molar-refractivity contribution in [1.82, 2.24) is 10.1 Å². The van der Waals surface area contributed by atoms with Crippen molar-refractivity contribution in [3.05, 3.63) is 47.9 Å². The highest BCUT2D eigenvalue weighted by molar-refractivity contribution is 5.61. The van der Waals surface area contributed by atoms with Crippen LogP contribution in [-0.4, -0.2) is 16.7 Å². The van der Waals surface area contributed by atoms with Gasteiger partial charge in [-0.05, 0) is 43.7 Å². The van der Waals surface area contributed by atoms with Crippen molar-refractivity contribution < 1.29 is 8.94 Å². The standard InChI is InChI=1S/C15H15N3O2/c1-10-13(6-8-19-10)14-17-15(20-18-14)12-4-2-3-11(9-12)5-7-16/h2-4,6,8-9H,5,7,16H2,1H3. The Balaban J connectivity index is 1.94. The van der Waals surface area contributed by atoms with Crippen LogP contribution in [0.1, 0.15) is 11.3 Å². The van der Waals surface area contributed by atoms with Gasteiger partial charge in [0.1, 0.15) is 5.76 Å². The summed E-state index contributed by atoms with van der Waals surface area (Å²) in [6, 6.07) is 9.79. The number of aryl methyl sites for hydroxylation is 1. The van der Waals surface area contributed by atoms with Crippen molar-refractivity contribution >= 4 is 0 Å². The van der Waals surface area contributed by atoms with E-state index in [1.54, 1.807) is 6.26 Å². The van der Waals surface area contributed by atoms with E-state index in [1.165, 1.54) is 0 Å². The topological polar surface area (TPSA) is 78.1 Å². The van der Waals surface area contributed by atoms with Gasteiger partial charge >= 0.3 is 0 Å². The van der Waals surface area contributed by atoms with E-state index in [4.69, 9.17) is 14.7 Å². The molecule has 0 aliphatic rings. The minimum Gasteiger partial charge on any atom is -0.469 e. The Morgan fingerprint density at radius 1 is 1.25 bits per heavy atom. The third-order valence-corrected chi connectivity index (χ3v) is 3.13. The van der Waals surface area contributed by atoms with Crippen LogP contribution < -0.4 is 5.73 Å². The van der Waals surface area contributed by atoms with Crippen LogP contribution in [0.4, 0.5) is 0 Å². The molecule has 2 heterocycles. The molecule has 0 aliphatic heterocycles. The molecule has 5 nitrogen and oxygen atoms in total. The van der Waals surface area contributed by atoms with Crippen molar-refractivity contribution in [2.24, 2.45) is 5.73 Å². The lowest BCUT2D eigenvalue weighted by Gasteiger charge is -1.99. The minimum atomic E-state index is 0.500. The van der Waals surface area contributed by atoms with Crippen LogP contribution in [0.2, 0.25) is 0 Å². The summed E-state index contributed by atoms with van der Waals surface area (Å²) in [6.45, 7) is 2.49. The van der Waals surface area contributed by atoms with Crippen molar-refractivity contribution in [1.29, 1.82) is 0 Å². The fraction of sp³-hybridized carbons (Fsp3) is 0.200. The van der Waals surface area contributed by atoms with E-state index in [9.17, 15) is 0 Å². The normalized spacial score (nSPS) is 10.9. The fourth-order valence-electron chi connectivity index (χ4n) is 2.09. The van der Waals surface area contributed by atoms with Crippen molar-refractivity contribution in [2.45, 2.75) is 13.3 Å². The zero-order valence-electron chi connectivity index (χ0n) is 11.2. The molecule has 2 N–H and O–H groups in total. The number of rotatable bonds is 4. The maximum absolute atomic E-state index is 5.57. The lowest BCUT2D eigenvalue weighted by atomic mass is 10.1. The summed E-state index contributed by atoms with van der Waals surface area (Å²) in [5.41, 5.74) is 8.47. The number of hydrogen-bond donors (Lipinski definition) is 1. The molecule has 20 heavy (non-hydrogen) atoms. The quantitative estimate of drug-likeness (QED) is 0.788. The van der Waals surface area contributed by atoms with E-state index in [1.807, 2.05) is 37.3 Å². The van der Waals surface area contributed by atoms with Gasteiger partial charge in [-0.15, -0.1) is 0 Å². The fourth-order valence-corrected chi connectivity index (χ4v) is 2.09. The predicted molar refractivity (Wildman–Crippen MR) is 74.9 cm³/mol. The monoisotopic (exact) mass is 269 g/mol. The first kappa shape index (κ1) is 12.6. The summed E-state index contributed by atoms with van der Waals surface area (Å²) < 4.78 is 10.6. The molecule has 0 saturated carbocycles. The number of hydrogen-bond acceptors (Lipinski definition) is 5. The number of aromatic nitrogens is 2. The molecule has 0 unspecified atom stereocenters. The van der Waals surface area contributed by atoms with Gasteiger partial charge in [0.25, 0.3) is 5.89 Å². The van der Waals surface area contributed by atoms with Gasteiger partial charge in [-0.2, -0.15) is 4.98 Å². The van der Waals surface area contributed by atoms with Gasteiger partial charge in [0, 0.05) is 5.56 Å². The Kier molecular flexibility index (Phi) is 3.35. The van der Waals surface area contributed by atoms with E-state index in [0.29, 0.717) is 18.3 Å². The average molecular weight is 269 g/mol. The predicted octanol–water partition coefficient (Wildman–Crippen LogP) is 2.81. The van der Waals surface area contributed by atoms with Crippen molar-refractivity contribution in [2.75, 3.05) is 6.54 Å². The van der Waals surface area contributed by atoms with Crippen LogP contribution in [0.25, 0.3) is 22.8 Å². The molecule has 1 aromatic carbocycles. The molecule has 0 spiro atoms. The Hall–Kier alpha value is -2.40. The Morgan fingerprint density at radius 3 is 2.90 bits per heavy atom. The highest BCUT2D eigenvalue weighted by Crippen LogP contribution is 2.25. The molecule has 5 heteroatoms. The molecule has 3 rings (SSSR count). The van der Waals surface area contributed by atoms with E-state index in [2.05, 4.69) is 10.1 Å². The Bertz CT molecular complexity index is 715. The van der Waals surface area contributed by atoms with Gasteiger partial charge in [-0.3, -0.25) is 0 Å².